The normalized spacial score (nSPS) is 10.8. The zero-order valence-electron chi connectivity index (χ0n) is 13.3. The second-order valence-corrected chi connectivity index (χ2v) is 5.46. The van der Waals surface area contributed by atoms with Crippen LogP contribution >= 0.6 is 0 Å². The average molecular weight is 348 g/mol. The van der Waals surface area contributed by atoms with Gasteiger partial charge in [0.25, 0.3) is 5.56 Å². The molecule has 0 saturated carbocycles. The topological polar surface area (TPSA) is 106 Å². The highest BCUT2D eigenvalue weighted by atomic mass is 16.6. The first-order chi connectivity index (χ1) is 12.6. The number of hydrogen-bond acceptors (Lipinski definition) is 6. The molecule has 2 N–H and O–H groups in total. The summed E-state index contributed by atoms with van der Waals surface area (Å²) < 4.78 is 0.980. The summed E-state index contributed by atoms with van der Waals surface area (Å²) in [5, 5.41) is 13.2. The number of rotatable bonds is 4. The van der Waals surface area contributed by atoms with Crippen LogP contribution < -0.4 is 15.9 Å². The highest BCUT2D eigenvalue weighted by Crippen LogP contribution is 2.17. The van der Waals surface area contributed by atoms with Crippen molar-refractivity contribution in [2.24, 2.45) is 0 Å². The zero-order valence-corrected chi connectivity index (χ0v) is 13.3. The summed E-state index contributed by atoms with van der Waals surface area (Å²) in [6, 6.07) is 16.9. The fraction of sp³-hybridized carbons (Fsp3) is 0. The SMILES string of the molecule is O=C(O)c1ccc2nc3ccc(NOc4ccccc4)cc3c(=O)n2n1. The van der Waals surface area contributed by atoms with Gasteiger partial charge in [-0.15, -0.1) is 0 Å². The van der Waals surface area contributed by atoms with Gasteiger partial charge in [-0.2, -0.15) is 9.61 Å². The number of nitrogens with zero attached hydrogens (tertiary/aromatic N) is 3. The number of benzene rings is 2. The Labute approximate surface area is 146 Å². The Morgan fingerprint density at radius 2 is 1.88 bits per heavy atom. The molecule has 0 unspecified atom stereocenters. The van der Waals surface area contributed by atoms with Gasteiger partial charge in [0.1, 0.15) is 0 Å². The van der Waals surface area contributed by atoms with E-state index in [4.69, 9.17) is 9.94 Å². The van der Waals surface area contributed by atoms with Crippen molar-refractivity contribution in [1.29, 1.82) is 0 Å². The number of para-hydroxylation sites is 1. The number of aromatic nitrogens is 3. The highest BCUT2D eigenvalue weighted by molar-refractivity contribution is 5.86. The third-order valence-corrected chi connectivity index (χ3v) is 3.72. The fourth-order valence-electron chi connectivity index (χ4n) is 2.48. The number of anilines is 1. The van der Waals surface area contributed by atoms with Crippen molar-refractivity contribution in [3.8, 4) is 5.75 Å². The molecule has 0 saturated heterocycles. The van der Waals surface area contributed by atoms with Gasteiger partial charge in [-0.3, -0.25) is 4.79 Å². The van der Waals surface area contributed by atoms with Gasteiger partial charge in [-0.05, 0) is 42.5 Å². The minimum Gasteiger partial charge on any atom is -0.476 e. The lowest BCUT2D eigenvalue weighted by molar-refractivity contribution is 0.0688. The van der Waals surface area contributed by atoms with E-state index in [1.807, 2.05) is 18.2 Å². The van der Waals surface area contributed by atoms with Crippen molar-refractivity contribution >= 4 is 28.2 Å². The molecule has 128 valence electrons. The van der Waals surface area contributed by atoms with Gasteiger partial charge < -0.3 is 9.94 Å². The minimum atomic E-state index is -1.22. The van der Waals surface area contributed by atoms with Gasteiger partial charge in [0.2, 0.25) is 0 Å². The van der Waals surface area contributed by atoms with E-state index in [2.05, 4.69) is 15.6 Å². The molecule has 4 aromatic rings. The Morgan fingerprint density at radius 3 is 2.65 bits per heavy atom. The summed E-state index contributed by atoms with van der Waals surface area (Å²) in [6.45, 7) is 0. The van der Waals surface area contributed by atoms with Crippen LogP contribution in [0.5, 0.6) is 5.75 Å². The van der Waals surface area contributed by atoms with E-state index in [-0.39, 0.29) is 11.3 Å². The van der Waals surface area contributed by atoms with Crippen molar-refractivity contribution in [1.82, 2.24) is 14.6 Å². The quantitative estimate of drug-likeness (QED) is 0.431. The molecule has 2 aromatic carbocycles. The maximum absolute atomic E-state index is 12.7. The Morgan fingerprint density at radius 1 is 1.08 bits per heavy atom. The molecule has 8 nitrogen and oxygen atoms in total. The first kappa shape index (κ1) is 15.6. The molecule has 0 bridgehead atoms. The standard InChI is InChI=1S/C18H12N4O4/c23-17-13-10-11(21-26-12-4-2-1-3-5-12)6-7-14(13)19-16-9-8-15(18(24)25)20-22(16)17/h1-10,21H,(H,24,25). The van der Waals surface area contributed by atoms with Crippen LogP contribution in [0.2, 0.25) is 0 Å². The predicted molar refractivity (Wildman–Crippen MR) is 94.4 cm³/mol. The van der Waals surface area contributed by atoms with Crippen LogP contribution in [-0.2, 0) is 0 Å². The Kier molecular flexibility index (Phi) is 3.70. The predicted octanol–water partition coefficient (Wildman–Crippen LogP) is 2.35. The number of carboxylic acid groups (broad SMARTS) is 1. The van der Waals surface area contributed by atoms with Crippen LogP contribution in [0.25, 0.3) is 16.6 Å². The lowest BCUT2D eigenvalue weighted by atomic mass is 10.2. The number of aromatic carboxylic acids is 1. The molecule has 0 spiro atoms. The third kappa shape index (κ3) is 2.80. The summed E-state index contributed by atoms with van der Waals surface area (Å²) in [6.07, 6.45) is 0. The smallest absolute Gasteiger partial charge is 0.356 e. The van der Waals surface area contributed by atoms with Crippen molar-refractivity contribution in [2.45, 2.75) is 0 Å². The molecule has 4 rings (SSSR count). The van der Waals surface area contributed by atoms with Gasteiger partial charge in [0, 0.05) is 0 Å². The molecular formula is C18H12N4O4. The van der Waals surface area contributed by atoms with Gasteiger partial charge in [-0.25, -0.2) is 15.3 Å². The number of nitrogens with one attached hydrogen (secondary N) is 1. The number of carboxylic acids is 1. The van der Waals surface area contributed by atoms with Crippen LogP contribution in [-0.4, -0.2) is 25.7 Å². The zero-order chi connectivity index (χ0) is 18.1. The van der Waals surface area contributed by atoms with Crippen molar-refractivity contribution in [2.75, 3.05) is 5.48 Å². The molecule has 8 heteroatoms. The second kappa shape index (κ2) is 6.17. The largest absolute Gasteiger partial charge is 0.476 e. The van der Waals surface area contributed by atoms with Crippen molar-refractivity contribution in [3.05, 3.63) is 76.7 Å². The Bertz CT molecular complexity index is 1190. The molecule has 0 aliphatic heterocycles. The molecule has 2 aromatic heterocycles. The summed E-state index contributed by atoms with van der Waals surface area (Å²) in [5.41, 5.74) is 3.37. The van der Waals surface area contributed by atoms with Gasteiger partial charge in [0.05, 0.1) is 16.6 Å². The van der Waals surface area contributed by atoms with Crippen molar-refractivity contribution in [3.63, 3.8) is 0 Å². The van der Waals surface area contributed by atoms with Crippen LogP contribution in [0.3, 0.4) is 0 Å². The molecule has 2 heterocycles. The maximum Gasteiger partial charge on any atom is 0.356 e. The number of fused-ring (bicyclic) bond motifs is 2. The van der Waals surface area contributed by atoms with Crippen LogP contribution in [0.1, 0.15) is 10.5 Å². The van der Waals surface area contributed by atoms with E-state index in [1.165, 1.54) is 12.1 Å². The van der Waals surface area contributed by atoms with Crippen LogP contribution in [0.15, 0.2) is 65.5 Å². The van der Waals surface area contributed by atoms with E-state index in [0.717, 1.165) is 4.52 Å². The van der Waals surface area contributed by atoms with E-state index in [9.17, 15) is 9.59 Å². The lowest BCUT2D eigenvalue weighted by Crippen LogP contribution is -2.20. The fourth-order valence-corrected chi connectivity index (χ4v) is 2.48. The summed E-state index contributed by atoms with van der Waals surface area (Å²) >= 11 is 0. The lowest BCUT2D eigenvalue weighted by Gasteiger charge is -2.09. The monoisotopic (exact) mass is 348 g/mol. The van der Waals surface area contributed by atoms with E-state index in [0.29, 0.717) is 22.3 Å². The van der Waals surface area contributed by atoms with E-state index >= 15 is 0 Å². The molecule has 26 heavy (non-hydrogen) atoms. The Balaban J connectivity index is 1.76. The summed E-state index contributed by atoms with van der Waals surface area (Å²) in [4.78, 5) is 33.5. The molecule has 0 aliphatic rings. The molecule has 0 aliphatic carbocycles. The molecule has 0 amide bonds. The van der Waals surface area contributed by atoms with Gasteiger partial charge in [-0.1, -0.05) is 18.2 Å². The van der Waals surface area contributed by atoms with Gasteiger partial charge >= 0.3 is 5.97 Å². The van der Waals surface area contributed by atoms with Crippen molar-refractivity contribution < 1.29 is 14.7 Å². The molecule has 0 radical (unpaired) electrons. The summed E-state index contributed by atoms with van der Waals surface area (Å²) in [7, 11) is 0. The maximum atomic E-state index is 12.7. The van der Waals surface area contributed by atoms with Gasteiger partial charge in [0.15, 0.2) is 17.1 Å². The highest BCUT2D eigenvalue weighted by Gasteiger charge is 2.11. The van der Waals surface area contributed by atoms with E-state index < -0.39 is 11.5 Å². The Hall–Kier alpha value is -3.94. The molecule has 0 atom stereocenters. The number of carbonyl (C=O) groups is 1. The molecule has 0 fully saturated rings. The first-order valence-electron chi connectivity index (χ1n) is 7.67. The van der Waals surface area contributed by atoms with Crippen LogP contribution in [0, 0.1) is 0 Å². The third-order valence-electron chi connectivity index (χ3n) is 3.72. The van der Waals surface area contributed by atoms with E-state index in [1.54, 1.807) is 30.3 Å². The summed E-state index contributed by atoms with van der Waals surface area (Å²) in [5.74, 6) is -0.598. The average Bonchev–Trinajstić information content (AvgIpc) is 2.67. The second-order valence-electron chi connectivity index (χ2n) is 5.46. The van der Waals surface area contributed by atoms with Crippen LogP contribution in [0.4, 0.5) is 5.69 Å². The number of hydrogen-bond donors (Lipinski definition) is 2. The molecular weight excluding hydrogens is 336 g/mol. The minimum absolute atomic E-state index is 0.234. The first-order valence-corrected chi connectivity index (χ1v) is 7.67.